The molecular formula is C16H23F2NO4. The first-order valence-corrected chi connectivity index (χ1v) is 7.79. The molecule has 1 fully saturated rings. The molecule has 1 aliphatic rings. The molecule has 0 aromatic heterocycles. The number of ether oxygens (including phenoxy) is 1. The van der Waals surface area contributed by atoms with E-state index in [1.165, 1.54) is 4.90 Å². The summed E-state index contributed by atoms with van der Waals surface area (Å²) < 4.78 is 33.5. The second kappa shape index (κ2) is 8.01. The van der Waals surface area contributed by atoms with E-state index in [2.05, 4.69) is 0 Å². The molecule has 0 spiro atoms. The third-order valence-corrected chi connectivity index (χ3v) is 3.94. The maximum Gasteiger partial charge on any atom is 0.134 e. The van der Waals surface area contributed by atoms with Gasteiger partial charge in [0.15, 0.2) is 0 Å². The van der Waals surface area contributed by atoms with Crippen molar-refractivity contribution in [3.63, 3.8) is 0 Å². The number of likely N-dealkylation sites (tertiary alicyclic amines) is 1. The predicted molar refractivity (Wildman–Crippen MR) is 80.1 cm³/mol. The van der Waals surface area contributed by atoms with E-state index in [9.17, 15) is 24.1 Å². The van der Waals surface area contributed by atoms with Crippen molar-refractivity contribution in [1.82, 2.24) is 4.90 Å². The number of rotatable bonds is 6. The van der Waals surface area contributed by atoms with Gasteiger partial charge < -0.3 is 20.1 Å². The highest BCUT2D eigenvalue weighted by Crippen LogP contribution is 2.24. The molecule has 5 nitrogen and oxygen atoms in total. The molecule has 0 radical (unpaired) electrons. The van der Waals surface area contributed by atoms with Crippen molar-refractivity contribution in [3.8, 4) is 5.75 Å². The van der Waals surface area contributed by atoms with Gasteiger partial charge in [0.25, 0.3) is 0 Å². The Morgan fingerprint density at radius 3 is 2.22 bits per heavy atom. The maximum atomic E-state index is 14.1. The molecule has 1 aromatic rings. The number of halogens is 2. The lowest BCUT2D eigenvalue weighted by Crippen LogP contribution is -2.55. The maximum absolute atomic E-state index is 14.1. The average Bonchev–Trinajstić information content (AvgIpc) is 2.49. The Balaban J connectivity index is 2.05. The van der Waals surface area contributed by atoms with Gasteiger partial charge in [-0.15, -0.1) is 0 Å². The fourth-order valence-electron chi connectivity index (χ4n) is 2.58. The predicted octanol–water partition coefficient (Wildman–Crippen LogP) is 1.04. The lowest BCUT2D eigenvalue weighted by atomic mass is 10.0. The molecule has 0 bridgehead atoms. The largest absolute Gasteiger partial charge is 0.493 e. The first-order valence-electron chi connectivity index (χ1n) is 7.79. The molecule has 1 saturated heterocycles. The molecule has 2 rings (SSSR count). The van der Waals surface area contributed by atoms with E-state index in [0.29, 0.717) is 6.61 Å². The van der Waals surface area contributed by atoms with Crippen molar-refractivity contribution in [2.24, 2.45) is 0 Å². The number of β-amino-alcohol motifs (C(OH)–C–C–N with tert-alkyl or cyclic N) is 2. The van der Waals surface area contributed by atoms with Crippen LogP contribution in [0.3, 0.4) is 0 Å². The number of unbranched alkanes of at least 4 members (excludes halogenated alkanes) is 1. The molecule has 3 N–H and O–H groups in total. The van der Waals surface area contributed by atoms with Crippen LogP contribution in [0.2, 0.25) is 0 Å². The zero-order valence-electron chi connectivity index (χ0n) is 13.1. The molecule has 1 aliphatic heterocycles. The van der Waals surface area contributed by atoms with Crippen molar-refractivity contribution in [2.45, 2.75) is 44.6 Å². The Labute approximate surface area is 134 Å². The van der Waals surface area contributed by atoms with E-state index in [0.717, 1.165) is 25.0 Å². The Bertz CT molecular complexity index is 494. The summed E-state index contributed by atoms with van der Waals surface area (Å²) in [6.45, 7) is 2.36. The summed E-state index contributed by atoms with van der Waals surface area (Å²) in [6.07, 6.45) is -1.82. The summed E-state index contributed by atoms with van der Waals surface area (Å²) in [4.78, 5) is 1.50. The van der Waals surface area contributed by atoms with Gasteiger partial charge >= 0.3 is 0 Å². The topological polar surface area (TPSA) is 73.2 Å². The number of aliphatic hydroxyl groups excluding tert-OH is 3. The molecule has 130 valence electrons. The summed E-state index contributed by atoms with van der Waals surface area (Å²) in [5, 5.41) is 28.8. The first kappa shape index (κ1) is 18.1. The van der Waals surface area contributed by atoms with E-state index in [1.54, 1.807) is 0 Å². The third kappa shape index (κ3) is 4.60. The van der Waals surface area contributed by atoms with Crippen molar-refractivity contribution < 1.29 is 28.8 Å². The summed E-state index contributed by atoms with van der Waals surface area (Å²) in [5.41, 5.74) is -0.149. The quantitative estimate of drug-likeness (QED) is 0.680. The summed E-state index contributed by atoms with van der Waals surface area (Å²) in [5.74, 6) is -1.32. The van der Waals surface area contributed by atoms with Crippen LogP contribution < -0.4 is 4.74 Å². The minimum absolute atomic E-state index is 0.0336. The summed E-state index contributed by atoms with van der Waals surface area (Å²) in [7, 11) is 0. The van der Waals surface area contributed by atoms with E-state index in [-0.39, 0.29) is 30.9 Å². The van der Waals surface area contributed by atoms with Gasteiger partial charge in [-0.3, -0.25) is 4.90 Å². The fourth-order valence-corrected chi connectivity index (χ4v) is 2.58. The lowest BCUT2D eigenvalue weighted by Gasteiger charge is -2.36. The SMILES string of the molecule is CCCCOc1cc(F)c(CN2C[C@@H](O)C(O)[C@@H](O)C2)c(F)c1. The molecule has 23 heavy (non-hydrogen) atoms. The molecule has 7 heteroatoms. The van der Waals surface area contributed by atoms with Crippen LogP contribution >= 0.6 is 0 Å². The molecule has 1 aromatic carbocycles. The molecule has 1 unspecified atom stereocenters. The van der Waals surface area contributed by atoms with Gasteiger partial charge in [0.05, 0.1) is 18.8 Å². The Hall–Kier alpha value is -1.28. The molecule has 0 aliphatic carbocycles. The number of hydrogen-bond donors (Lipinski definition) is 3. The van der Waals surface area contributed by atoms with Crippen LogP contribution in [0.25, 0.3) is 0 Å². The molecular weight excluding hydrogens is 308 g/mol. The standard InChI is InChI=1S/C16H23F2NO4/c1-2-3-4-23-10-5-12(17)11(13(18)6-10)7-19-8-14(20)16(22)15(21)9-19/h5-6,14-16,20-22H,2-4,7-9H2,1H3/t14-,15+,16?. The number of piperidine rings is 1. The summed E-state index contributed by atoms with van der Waals surface area (Å²) >= 11 is 0. The van der Waals surface area contributed by atoms with Gasteiger partial charge in [0, 0.05) is 37.3 Å². The molecule has 0 saturated carbocycles. The van der Waals surface area contributed by atoms with E-state index < -0.39 is 29.9 Å². The van der Waals surface area contributed by atoms with E-state index in [4.69, 9.17) is 4.74 Å². The van der Waals surface area contributed by atoms with Gasteiger partial charge in [0.2, 0.25) is 0 Å². The number of hydrogen-bond acceptors (Lipinski definition) is 5. The van der Waals surface area contributed by atoms with Crippen molar-refractivity contribution in [2.75, 3.05) is 19.7 Å². The van der Waals surface area contributed by atoms with Gasteiger partial charge in [-0.2, -0.15) is 0 Å². The van der Waals surface area contributed by atoms with Gasteiger partial charge in [0.1, 0.15) is 23.5 Å². The second-order valence-electron chi connectivity index (χ2n) is 5.89. The number of aliphatic hydroxyl groups is 3. The lowest BCUT2D eigenvalue weighted by molar-refractivity contribution is -0.111. The van der Waals surface area contributed by atoms with Crippen LogP contribution in [-0.4, -0.2) is 58.2 Å². The highest BCUT2D eigenvalue weighted by atomic mass is 19.1. The van der Waals surface area contributed by atoms with Crippen molar-refractivity contribution in [3.05, 3.63) is 29.3 Å². The Morgan fingerprint density at radius 2 is 1.70 bits per heavy atom. The monoisotopic (exact) mass is 331 g/mol. The van der Waals surface area contributed by atoms with Crippen molar-refractivity contribution >= 4 is 0 Å². The smallest absolute Gasteiger partial charge is 0.134 e. The molecule has 0 amide bonds. The third-order valence-electron chi connectivity index (χ3n) is 3.94. The Kier molecular flexibility index (Phi) is 6.29. The second-order valence-corrected chi connectivity index (χ2v) is 5.89. The van der Waals surface area contributed by atoms with Crippen LogP contribution in [0.1, 0.15) is 25.3 Å². The molecule has 3 atom stereocenters. The van der Waals surface area contributed by atoms with Crippen LogP contribution in [-0.2, 0) is 6.54 Å². The molecule has 1 heterocycles. The summed E-state index contributed by atoms with van der Waals surface area (Å²) in [6, 6.07) is 2.28. The Morgan fingerprint density at radius 1 is 1.13 bits per heavy atom. The zero-order chi connectivity index (χ0) is 17.0. The highest BCUT2D eigenvalue weighted by molar-refractivity contribution is 5.30. The van der Waals surface area contributed by atoms with E-state index >= 15 is 0 Å². The highest BCUT2D eigenvalue weighted by Gasteiger charge is 2.33. The van der Waals surface area contributed by atoms with Crippen molar-refractivity contribution in [1.29, 1.82) is 0 Å². The van der Waals surface area contributed by atoms with Gasteiger partial charge in [-0.05, 0) is 6.42 Å². The average molecular weight is 331 g/mol. The minimum atomic E-state index is -1.24. The van der Waals surface area contributed by atoms with Crippen LogP contribution in [0, 0.1) is 11.6 Å². The normalized spacial score (nSPS) is 25.6. The van der Waals surface area contributed by atoms with Crippen LogP contribution in [0.15, 0.2) is 12.1 Å². The zero-order valence-corrected chi connectivity index (χ0v) is 13.1. The fraction of sp³-hybridized carbons (Fsp3) is 0.625. The van der Waals surface area contributed by atoms with Crippen LogP contribution in [0.5, 0.6) is 5.75 Å². The number of benzene rings is 1. The van der Waals surface area contributed by atoms with Crippen LogP contribution in [0.4, 0.5) is 8.78 Å². The van der Waals surface area contributed by atoms with Gasteiger partial charge in [-0.1, -0.05) is 13.3 Å². The minimum Gasteiger partial charge on any atom is -0.493 e. The first-order chi connectivity index (χ1) is 10.9. The van der Waals surface area contributed by atoms with Gasteiger partial charge in [-0.25, -0.2) is 8.78 Å². The number of nitrogens with zero attached hydrogens (tertiary/aromatic N) is 1. The van der Waals surface area contributed by atoms with E-state index in [1.807, 2.05) is 6.92 Å².